The number of nitrogens with one attached hydrogen (secondary N) is 1. The van der Waals surface area contributed by atoms with Crippen molar-refractivity contribution < 1.29 is 4.79 Å². The van der Waals surface area contributed by atoms with Gasteiger partial charge in [-0.3, -0.25) is 4.79 Å². The Bertz CT molecular complexity index is 487. The van der Waals surface area contributed by atoms with Crippen molar-refractivity contribution in [1.29, 1.82) is 5.26 Å². The fourth-order valence-corrected chi connectivity index (χ4v) is 2.55. The van der Waals surface area contributed by atoms with Gasteiger partial charge in [-0.05, 0) is 31.0 Å². The Morgan fingerprint density at radius 3 is 2.67 bits per heavy atom. The highest BCUT2D eigenvalue weighted by atomic mass is 35.5. The van der Waals surface area contributed by atoms with E-state index in [1.165, 1.54) is 0 Å². The van der Waals surface area contributed by atoms with Gasteiger partial charge in [0.25, 0.3) is 0 Å². The second-order valence-electron chi connectivity index (χ2n) is 4.72. The fourth-order valence-electron chi connectivity index (χ4n) is 2.36. The zero-order chi connectivity index (χ0) is 13.0. The molecule has 0 aromatic heterocycles. The van der Waals surface area contributed by atoms with Crippen LogP contribution in [0.25, 0.3) is 0 Å². The van der Waals surface area contributed by atoms with Gasteiger partial charge in [0, 0.05) is 10.7 Å². The van der Waals surface area contributed by atoms with Gasteiger partial charge in [0.1, 0.15) is 5.41 Å². The zero-order valence-corrected chi connectivity index (χ0v) is 10.8. The summed E-state index contributed by atoms with van der Waals surface area (Å²) >= 11 is 5.87. The third-order valence-corrected chi connectivity index (χ3v) is 3.67. The Morgan fingerprint density at radius 2 is 2.06 bits per heavy atom. The lowest BCUT2D eigenvalue weighted by Crippen LogP contribution is -2.36. The number of rotatable bonds is 2. The number of carbonyl (C=O) groups is 1. The van der Waals surface area contributed by atoms with Crippen LogP contribution in [0.5, 0.6) is 0 Å². The van der Waals surface area contributed by atoms with Crippen LogP contribution in [0, 0.1) is 16.7 Å². The molecular weight excluding hydrogens is 248 g/mol. The molecule has 0 bridgehead atoms. The van der Waals surface area contributed by atoms with Gasteiger partial charge in [-0.15, -0.1) is 0 Å². The van der Waals surface area contributed by atoms with Gasteiger partial charge in [-0.1, -0.05) is 36.9 Å². The van der Waals surface area contributed by atoms with E-state index >= 15 is 0 Å². The van der Waals surface area contributed by atoms with Crippen molar-refractivity contribution in [3.63, 3.8) is 0 Å². The monoisotopic (exact) mass is 262 g/mol. The van der Waals surface area contributed by atoms with Crippen molar-refractivity contribution in [1.82, 2.24) is 0 Å². The Kier molecular flexibility index (Phi) is 3.88. The van der Waals surface area contributed by atoms with Crippen molar-refractivity contribution in [3.05, 3.63) is 29.3 Å². The molecular formula is C14H15ClN2O. The quantitative estimate of drug-likeness (QED) is 0.882. The number of anilines is 1. The molecule has 0 radical (unpaired) electrons. The summed E-state index contributed by atoms with van der Waals surface area (Å²) < 4.78 is 0. The number of hydrogen-bond acceptors (Lipinski definition) is 2. The van der Waals surface area contributed by atoms with Gasteiger partial charge in [0.2, 0.25) is 5.91 Å². The maximum Gasteiger partial charge on any atom is 0.244 e. The topological polar surface area (TPSA) is 52.9 Å². The van der Waals surface area contributed by atoms with Crippen LogP contribution >= 0.6 is 11.6 Å². The maximum atomic E-state index is 12.3. The van der Waals surface area contributed by atoms with Crippen LogP contribution in [0.15, 0.2) is 24.3 Å². The number of halogens is 1. The highest BCUT2D eigenvalue weighted by Gasteiger charge is 2.39. The molecule has 2 rings (SSSR count). The molecule has 1 N–H and O–H groups in total. The number of nitriles is 1. The van der Waals surface area contributed by atoms with Crippen LogP contribution in [0.3, 0.4) is 0 Å². The van der Waals surface area contributed by atoms with Gasteiger partial charge in [0.05, 0.1) is 6.07 Å². The first kappa shape index (κ1) is 12.9. The Morgan fingerprint density at radius 1 is 1.33 bits per heavy atom. The molecule has 0 atom stereocenters. The summed E-state index contributed by atoms with van der Waals surface area (Å²) in [5.41, 5.74) is -0.215. The molecule has 0 saturated heterocycles. The van der Waals surface area contributed by atoms with Crippen LogP contribution in [0.2, 0.25) is 5.02 Å². The minimum atomic E-state index is -0.861. The van der Waals surface area contributed by atoms with Crippen LogP contribution < -0.4 is 5.32 Å². The number of nitrogens with zero attached hydrogens (tertiary/aromatic N) is 1. The molecule has 0 aliphatic heterocycles. The summed E-state index contributed by atoms with van der Waals surface area (Å²) in [6, 6.07) is 9.19. The smallest absolute Gasteiger partial charge is 0.244 e. The summed E-state index contributed by atoms with van der Waals surface area (Å²) in [6.07, 6.45) is 4.28. The molecule has 0 unspecified atom stereocenters. The van der Waals surface area contributed by atoms with Crippen LogP contribution in [-0.2, 0) is 4.79 Å². The second kappa shape index (κ2) is 5.41. The molecule has 1 saturated carbocycles. The summed E-state index contributed by atoms with van der Waals surface area (Å²) in [6.45, 7) is 0. The number of benzene rings is 1. The van der Waals surface area contributed by atoms with E-state index in [9.17, 15) is 10.1 Å². The summed E-state index contributed by atoms with van der Waals surface area (Å²) in [7, 11) is 0. The van der Waals surface area contributed by atoms with E-state index in [0.717, 1.165) is 19.3 Å². The Labute approximate surface area is 112 Å². The lowest BCUT2D eigenvalue weighted by atomic mass is 9.74. The molecule has 1 fully saturated rings. The van der Waals surface area contributed by atoms with E-state index in [0.29, 0.717) is 23.6 Å². The highest BCUT2D eigenvalue weighted by molar-refractivity contribution is 6.30. The highest BCUT2D eigenvalue weighted by Crippen LogP contribution is 2.36. The average molecular weight is 263 g/mol. The second-order valence-corrected chi connectivity index (χ2v) is 5.16. The molecule has 1 aromatic carbocycles. The van der Waals surface area contributed by atoms with Crippen molar-refractivity contribution >= 4 is 23.2 Å². The van der Waals surface area contributed by atoms with E-state index in [-0.39, 0.29) is 5.91 Å². The third kappa shape index (κ3) is 2.65. The average Bonchev–Trinajstić information content (AvgIpc) is 2.39. The lowest BCUT2D eigenvalue weighted by molar-refractivity contribution is -0.124. The Balaban J connectivity index is 2.13. The van der Waals surface area contributed by atoms with Gasteiger partial charge in [0.15, 0.2) is 0 Å². The molecule has 1 aromatic rings. The van der Waals surface area contributed by atoms with Crippen LogP contribution in [0.1, 0.15) is 32.1 Å². The van der Waals surface area contributed by atoms with Crippen molar-refractivity contribution in [2.75, 3.05) is 5.32 Å². The minimum absolute atomic E-state index is 0.202. The van der Waals surface area contributed by atoms with E-state index in [1.807, 2.05) is 0 Å². The van der Waals surface area contributed by atoms with E-state index in [4.69, 9.17) is 11.6 Å². The number of carbonyl (C=O) groups excluding carboxylic acids is 1. The molecule has 1 amide bonds. The first-order valence-corrected chi connectivity index (χ1v) is 6.52. The van der Waals surface area contributed by atoms with Gasteiger partial charge in [-0.25, -0.2) is 0 Å². The zero-order valence-electron chi connectivity index (χ0n) is 10.1. The van der Waals surface area contributed by atoms with Gasteiger partial charge >= 0.3 is 0 Å². The van der Waals surface area contributed by atoms with Crippen molar-refractivity contribution in [2.24, 2.45) is 5.41 Å². The molecule has 3 nitrogen and oxygen atoms in total. The summed E-state index contributed by atoms with van der Waals surface area (Å²) in [5, 5.41) is 12.7. The molecule has 1 aliphatic rings. The normalized spacial score (nSPS) is 17.8. The fraction of sp³-hybridized carbons (Fsp3) is 0.429. The standard InChI is InChI=1S/C14H15ClN2O/c15-11-5-4-6-12(9-11)17-13(18)14(10-16)7-2-1-3-8-14/h4-6,9H,1-3,7-8H2,(H,17,18). The summed E-state index contributed by atoms with van der Waals surface area (Å²) in [4.78, 5) is 12.3. The predicted molar refractivity (Wildman–Crippen MR) is 71.2 cm³/mol. The van der Waals surface area contributed by atoms with Gasteiger partial charge < -0.3 is 5.32 Å². The van der Waals surface area contributed by atoms with Crippen molar-refractivity contribution in [3.8, 4) is 6.07 Å². The van der Waals surface area contributed by atoms with E-state index in [1.54, 1.807) is 24.3 Å². The lowest BCUT2D eigenvalue weighted by Gasteiger charge is -2.29. The molecule has 1 aliphatic carbocycles. The third-order valence-electron chi connectivity index (χ3n) is 3.44. The molecule has 0 heterocycles. The molecule has 4 heteroatoms. The number of amides is 1. The largest absolute Gasteiger partial charge is 0.325 e. The predicted octanol–water partition coefficient (Wildman–Crippen LogP) is 3.75. The molecule has 94 valence electrons. The van der Waals surface area contributed by atoms with Crippen molar-refractivity contribution in [2.45, 2.75) is 32.1 Å². The molecule has 18 heavy (non-hydrogen) atoms. The first-order chi connectivity index (χ1) is 8.66. The van der Waals surface area contributed by atoms with E-state index in [2.05, 4.69) is 11.4 Å². The number of hydrogen-bond donors (Lipinski definition) is 1. The van der Waals surface area contributed by atoms with Crippen LogP contribution in [-0.4, -0.2) is 5.91 Å². The SMILES string of the molecule is N#CC1(C(=O)Nc2cccc(Cl)c2)CCCCC1. The van der Waals surface area contributed by atoms with Gasteiger partial charge in [-0.2, -0.15) is 5.26 Å². The van der Waals surface area contributed by atoms with E-state index < -0.39 is 5.41 Å². The maximum absolute atomic E-state index is 12.3. The summed E-state index contributed by atoms with van der Waals surface area (Å²) in [5.74, 6) is -0.202. The Hall–Kier alpha value is -1.53. The first-order valence-electron chi connectivity index (χ1n) is 6.15. The molecule has 0 spiro atoms. The van der Waals surface area contributed by atoms with Crippen LogP contribution in [0.4, 0.5) is 5.69 Å². The minimum Gasteiger partial charge on any atom is -0.325 e.